The van der Waals surface area contributed by atoms with Crippen LogP contribution in [0.1, 0.15) is 6.92 Å². The van der Waals surface area contributed by atoms with Gasteiger partial charge in [-0.05, 0) is 17.4 Å². The van der Waals surface area contributed by atoms with Crippen LogP contribution in [0, 0.1) is 5.41 Å². The molecule has 2 aromatic heterocycles. The van der Waals surface area contributed by atoms with Crippen molar-refractivity contribution in [3.63, 3.8) is 0 Å². The van der Waals surface area contributed by atoms with Crippen LogP contribution in [0.25, 0.3) is 0 Å². The lowest BCUT2D eigenvalue weighted by atomic mass is 9.89. The van der Waals surface area contributed by atoms with E-state index in [0.717, 1.165) is 22.6 Å². The van der Waals surface area contributed by atoms with Crippen LogP contribution >= 0.6 is 35.1 Å². The predicted molar refractivity (Wildman–Crippen MR) is 131 cm³/mol. The van der Waals surface area contributed by atoms with Crippen LogP contribution in [0.5, 0.6) is 0 Å². The number of nitrogen functional groups attached to an aromatic ring is 1. The number of aromatic nitrogens is 6. The first-order valence-corrected chi connectivity index (χ1v) is 13.4. The van der Waals surface area contributed by atoms with E-state index in [4.69, 9.17) is 16.3 Å². The van der Waals surface area contributed by atoms with Crippen LogP contribution in [0.3, 0.4) is 0 Å². The molecule has 5 N–H and O–H groups in total. The Morgan fingerprint density at radius 1 is 1.47 bits per heavy atom. The van der Waals surface area contributed by atoms with Gasteiger partial charge in [0.1, 0.15) is 29.7 Å². The largest absolute Gasteiger partial charge is 0.481 e. The van der Waals surface area contributed by atoms with Crippen LogP contribution < -0.4 is 16.4 Å². The highest BCUT2D eigenvalue weighted by molar-refractivity contribution is 8.00. The SMILES string of the molecule is CCON=CC(=O)N(c1nsc(N)n1)C1C(=O)N2CC(CSc3nnnn3CCN)(C(=O)O)CS[C@H]12. The molecule has 19 heteroatoms. The first-order valence-electron chi connectivity index (χ1n) is 10.6. The highest BCUT2D eigenvalue weighted by atomic mass is 32.2. The first-order chi connectivity index (χ1) is 17.3. The van der Waals surface area contributed by atoms with Gasteiger partial charge < -0.3 is 26.3 Å². The maximum atomic E-state index is 13.2. The van der Waals surface area contributed by atoms with Crippen molar-refractivity contribution in [2.75, 3.05) is 41.8 Å². The Labute approximate surface area is 216 Å². The van der Waals surface area contributed by atoms with Crippen molar-refractivity contribution in [2.24, 2.45) is 16.3 Å². The zero-order chi connectivity index (χ0) is 25.9. The van der Waals surface area contributed by atoms with Gasteiger partial charge in [-0.25, -0.2) is 4.68 Å². The normalized spacial score (nSPS) is 23.4. The maximum absolute atomic E-state index is 13.2. The smallest absolute Gasteiger partial charge is 0.313 e. The van der Waals surface area contributed by atoms with Crippen LogP contribution in [-0.2, 0) is 25.8 Å². The minimum Gasteiger partial charge on any atom is -0.481 e. The van der Waals surface area contributed by atoms with Gasteiger partial charge in [-0.1, -0.05) is 16.9 Å². The summed E-state index contributed by atoms with van der Waals surface area (Å²) in [5.74, 6) is -1.82. The third kappa shape index (κ3) is 4.95. The quantitative estimate of drug-likeness (QED) is 0.125. The van der Waals surface area contributed by atoms with Crippen molar-refractivity contribution in [3.8, 4) is 0 Å². The molecule has 0 bridgehead atoms. The van der Waals surface area contributed by atoms with Gasteiger partial charge in [0.2, 0.25) is 22.1 Å². The number of amides is 2. The van der Waals surface area contributed by atoms with Crippen molar-refractivity contribution >= 4 is 70.1 Å². The van der Waals surface area contributed by atoms with E-state index < -0.39 is 34.6 Å². The second-order valence-corrected chi connectivity index (χ2v) is 10.6. The molecule has 194 valence electrons. The van der Waals surface area contributed by atoms with Gasteiger partial charge in [0, 0.05) is 36.1 Å². The maximum Gasteiger partial charge on any atom is 0.313 e. The molecule has 16 nitrogen and oxygen atoms in total. The molecular formula is C17H23N11O5S3. The van der Waals surface area contributed by atoms with Gasteiger partial charge in [0.05, 0.1) is 6.54 Å². The fraction of sp³-hybridized carbons (Fsp3) is 0.588. The van der Waals surface area contributed by atoms with Crippen LogP contribution in [0.15, 0.2) is 10.3 Å². The van der Waals surface area contributed by atoms with E-state index in [9.17, 15) is 19.5 Å². The van der Waals surface area contributed by atoms with Crippen LogP contribution in [0.4, 0.5) is 11.1 Å². The zero-order valence-corrected chi connectivity index (χ0v) is 21.4. The number of rotatable bonds is 11. The second kappa shape index (κ2) is 10.9. The van der Waals surface area contributed by atoms with Gasteiger partial charge in [-0.3, -0.25) is 19.3 Å². The summed E-state index contributed by atoms with van der Waals surface area (Å²) < 4.78 is 5.58. The van der Waals surface area contributed by atoms with Crippen molar-refractivity contribution in [1.29, 1.82) is 0 Å². The van der Waals surface area contributed by atoms with Crippen molar-refractivity contribution in [1.82, 2.24) is 34.5 Å². The highest BCUT2D eigenvalue weighted by Crippen LogP contribution is 2.46. The van der Waals surface area contributed by atoms with Crippen molar-refractivity contribution in [2.45, 2.75) is 30.0 Å². The summed E-state index contributed by atoms with van der Waals surface area (Å²) in [7, 11) is 0. The number of anilines is 2. The summed E-state index contributed by atoms with van der Waals surface area (Å²) in [5, 5.41) is 25.2. The molecule has 2 aliphatic heterocycles. The van der Waals surface area contributed by atoms with Gasteiger partial charge in [0.15, 0.2) is 0 Å². The first kappa shape index (κ1) is 26.0. The van der Waals surface area contributed by atoms with Crippen LogP contribution in [-0.4, -0.2) is 106 Å². The van der Waals surface area contributed by atoms with E-state index in [2.05, 4.69) is 30.0 Å². The summed E-state index contributed by atoms with van der Waals surface area (Å²) in [6, 6.07) is -0.944. The Hall–Kier alpha value is -3.03. The molecule has 2 unspecified atom stereocenters. The molecule has 0 saturated carbocycles. The summed E-state index contributed by atoms with van der Waals surface area (Å²) in [4.78, 5) is 50.0. The van der Waals surface area contributed by atoms with E-state index in [-0.39, 0.29) is 35.7 Å². The Kier molecular flexibility index (Phi) is 7.91. The number of tetrazole rings is 1. The average Bonchev–Trinajstić information content (AvgIpc) is 3.49. The van der Waals surface area contributed by atoms with Gasteiger partial charge in [-0.2, -0.15) is 9.36 Å². The molecule has 0 spiro atoms. The average molecular weight is 558 g/mol. The topological polar surface area (TPSA) is 221 Å². The number of fused-ring (bicyclic) bond motifs is 1. The minimum absolute atomic E-state index is 0.0265. The van der Waals surface area contributed by atoms with E-state index >= 15 is 0 Å². The van der Waals surface area contributed by atoms with Gasteiger partial charge in [-0.15, -0.1) is 16.9 Å². The number of carbonyl (C=O) groups excluding carboxylic acids is 2. The monoisotopic (exact) mass is 557 g/mol. The predicted octanol–water partition coefficient (Wildman–Crippen LogP) is -1.43. The fourth-order valence-electron chi connectivity index (χ4n) is 3.66. The Morgan fingerprint density at radius 3 is 2.94 bits per heavy atom. The number of hydrogen-bond donors (Lipinski definition) is 3. The van der Waals surface area contributed by atoms with Crippen LogP contribution in [0.2, 0.25) is 0 Å². The van der Waals surface area contributed by atoms with E-state index in [1.165, 1.54) is 33.1 Å². The van der Waals surface area contributed by atoms with E-state index in [1.807, 2.05) is 0 Å². The number of thioether (sulfide) groups is 2. The van der Waals surface area contributed by atoms with E-state index in [0.29, 0.717) is 18.2 Å². The van der Waals surface area contributed by atoms with Crippen molar-refractivity contribution in [3.05, 3.63) is 0 Å². The number of nitrogens with two attached hydrogens (primary N) is 2. The lowest BCUT2D eigenvalue weighted by Gasteiger charge is -2.55. The van der Waals surface area contributed by atoms with E-state index in [1.54, 1.807) is 6.92 Å². The molecule has 4 rings (SSSR count). The molecule has 2 fully saturated rings. The van der Waals surface area contributed by atoms with Crippen molar-refractivity contribution < 1.29 is 24.3 Å². The number of carboxylic acid groups (broad SMARTS) is 1. The molecule has 0 radical (unpaired) electrons. The standard InChI is InChI=1S/C17H23N11O5S3/c1-2-33-20-5-9(29)28(15-21-14(19)36-23-15)10-11(30)26-6-17(13(31)32,7-34-12(10)26)8-35-16-22-24-25-27(16)4-3-18/h5,10,12H,2-4,6-8,18H2,1H3,(H,31,32)(H2,19,21,23)/t10?,12-,17?/m1/s1. The Morgan fingerprint density at radius 2 is 2.28 bits per heavy atom. The Balaban J connectivity index is 1.52. The summed E-state index contributed by atoms with van der Waals surface area (Å²) >= 11 is 3.34. The number of hydrogen-bond acceptors (Lipinski definition) is 15. The molecule has 36 heavy (non-hydrogen) atoms. The lowest BCUT2D eigenvalue weighted by molar-refractivity contribution is -0.156. The second-order valence-electron chi connectivity index (χ2n) is 7.75. The molecule has 2 aliphatic rings. The number of carboxylic acids is 1. The number of carbonyl (C=O) groups is 3. The molecule has 3 atom stereocenters. The summed E-state index contributed by atoms with van der Waals surface area (Å²) in [6.45, 7) is 2.65. The highest BCUT2D eigenvalue weighted by Gasteiger charge is 2.60. The number of oxime groups is 1. The Bertz CT molecular complexity index is 1160. The third-order valence-corrected chi connectivity index (χ3v) is 8.77. The van der Waals surface area contributed by atoms with Gasteiger partial charge in [0.25, 0.3) is 5.91 Å². The summed E-state index contributed by atoms with van der Waals surface area (Å²) in [6.07, 6.45) is 0.938. The molecular weight excluding hydrogens is 534 g/mol. The zero-order valence-electron chi connectivity index (χ0n) is 19.0. The molecule has 2 amide bonds. The molecule has 2 saturated heterocycles. The molecule has 4 heterocycles. The number of β-lactam (4-membered cyclic amide) rings is 1. The van der Waals surface area contributed by atoms with Gasteiger partial charge >= 0.3 is 5.97 Å². The number of aliphatic carboxylic acids is 1. The molecule has 0 aliphatic carbocycles. The summed E-state index contributed by atoms with van der Waals surface area (Å²) in [5.41, 5.74) is 10.0. The molecule has 2 aromatic rings. The fourth-order valence-corrected chi connectivity index (χ4v) is 6.89. The number of nitrogens with zero attached hydrogens (tertiary/aromatic N) is 9. The minimum atomic E-state index is -1.25. The lowest BCUT2D eigenvalue weighted by Crippen LogP contribution is -2.75. The third-order valence-electron chi connectivity index (χ3n) is 5.42. The molecule has 0 aromatic carbocycles.